The van der Waals surface area contributed by atoms with Gasteiger partial charge in [0.1, 0.15) is 5.69 Å². The summed E-state index contributed by atoms with van der Waals surface area (Å²) in [4.78, 5) is 11.8. The maximum Gasteiger partial charge on any atom is 0.327 e. The van der Waals surface area contributed by atoms with E-state index in [2.05, 4.69) is 0 Å². The molecule has 0 atom stereocenters. The molecule has 0 N–H and O–H groups in total. The topological polar surface area (TPSA) is 46.4 Å². The number of rotatable bonds is 5. The molecule has 0 saturated carbocycles. The molecule has 0 fully saturated rings. The number of hydrogen-bond donors (Lipinski definition) is 0. The van der Waals surface area contributed by atoms with Crippen LogP contribution in [0.3, 0.4) is 0 Å². The average Bonchev–Trinajstić information content (AvgIpc) is 2.24. The maximum absolute atomic E-state index is 13.3. The molecule has 0 radical (unpaired) electrons. The molecular formula is C11H15FN2O2. The summed E-state index contributed by atoms with van der Waals surface area (Å²) in [6, 6.07) is 4.16. The van der Waals surface area contributed by atoms with E-state index in [1.165, 1.54) is 6.07 Å². The number of hydrogen-bond acceptors (Lipinski definition) is 3. The van der Waals surface area contributed by atoms with Crippen LogP contribution in [0.15, 0.2) is 18.2 Å². The van der Waals surface area contributed by atoms with Gasteiger partial charge < -0.3 is 4.90 Å². The molecule has 0 aromatic heterocycles. The molecule has 0 unspecified atom stereocenters. The molecule has 0 saturated heterocycles. The van der Waals surface area contributed by atoms with Crippen LogP contribution in [-0.2, 0) is 0 Å². The van der Waals surface area contributed by atoms with Crippen LogP contribution in [0, 0.1) is 15.9 Å². The lowest BCUT2D eigenvalue weighted by molar-refractivity contribution is -0.386. The van der Waals surface area contributed by atoms with Crippen LogP contribution in [-0.4, -0.2) is 18.5 Å². The van der Waals surface area contributed by atoms with Crippen molar-refractivity contribution in [1.29, 1.82) is 0 Å². The van der Waals surface area contributed by atoms with Gasteiger partial charge >= 0.3 is 5.69 Å². The molecule has 0 aliphatic heterocycles. The fraction of sp³-hybridized carbons (Fsp3) is 0.455. The van der Waals surface area contributed by atoms with E-state index in [9.17, 15) is 14.5 Å². The molecule has 4 nitrogen and oxygen atoms in total. The fourth-order valence-corrected chi connectivity index (χ4v) is 1.51. The molecule has 0 heterocycles. The SMILES string of the molecule is CCCCN(C)c1cccc(F)c1[N+](=O)[O-]. The molecule has 0 aliphatic carbocycles. The summed E-state index contributed by atoms with van der Waals surface area (Å²) < 4.78 is 13.3. The van der Waals surface area contributed by atoms with E-state index < -0.39 is 16.4 Å². The number of nitro benzene ring substituents is 1. The second-order valence-electron chi connectivity index (χ2n) is 3.64. The third-order valence-corrected chi connectivity index (χ3v) is 2.41. The Labute approximate surface area is 93.8 Å². The summed E-state index contributed by atoms with van der Waals surface area (Å²) in [6.45, 7) is 2.72. The minimum atomic E-state index is -0.786. The second-order valence-corrected chi connectivity index (χ2v) is 3.64. The monoisotopic (exact) mass is 226 g/mol. The molecule has 0 aliphatic rings. The minimum absolute atomic E-state index is 0.332. The van der Waals surface area contributed by atoms with Crippen LogP contribution in [0.2, 0.25) is 0 Å². The maximum atomic E-state index is 13.3. The smallest absolute Gasteiger partial charge is 0.327 e. The van der Waals surface area contributed by atoms with Gasteiger partial charge in [-0.1, -0.05) is 19.4 Å². The quantitative estimate of drug-likeness (QED) is 0.572. The van der Waals surface area contributed by atoms with E-state index in [0.717, 1.165) is 18.9 Å². The normalized spacial score (nSPS) is 10.2. The summed E-state index contributed by atoms with van der Waals surface area (Å²) >= 11 is 0. The third-order valence-electron chi connectivity index (χ3n) is 2.41. The average molecular weight is 226 g/mol. The minimum Gasteiger partial charge on any atom is -0.369 e. The number of nitro groups is 1. The largest absolute Gasteiger partial charge is 0.369 e. The van der Waals surface area contributed by atoms with Crippen molar-refractivity contribution < 1.29 is 9.31 Å². The second kappa shape index (κ2) is 5.44. The Kier molecular flexibility index (Phi) is 4.22. The summed E-state index contributed by atoms with van der Waals surface area (Å²) in [5.41, 5.74) is -0.112. The highest BCUT2D eigenvalue weighted by molar-refractivity contribution is 5.63. The van der Waals surface area contributed by atoms with Crippen LogP contribution in [0.1, 0.15) is 19.8 Å². The highest BCUT2D eigenvalue weighted by Crippen LogP contribution is 2.29. The lowest BCUT2D eigenvalue weighted by Gasteiger charge is -2.18. The number of unbranched alkanes of at least 4 members (excludes halogenated alkanes) is 1. The molecule has 1 aromatic rings. The predicted octanol–water partition coefficient (Wildman–Crippen LogP) is 2.97. The number of nitrogens with zero attached hydrogens (tertiary/aromatic N) is 2. The van der Waals surface area contributed by atoms with Gasteiger partial charge in [-0.05, 0) is 18.6 Å². The summed E-state index contributed by atoms with van der Waals surface area (Å²) in [5.74, 6) is -0.786. The number of halogens is 1. The first kappa shape index (κ1) is 12.4. The van der Waals surface area contributed by atoms with E-state index in [1.807, 2.05) is 6.92 Å². The first-order valence-electron chi connectivity index (χ1n) is 5.22. The molecular weight excluding hydrogens is 211 g/mol. The van der Waals surface area contributed by atoms with Crippen molar-refractivity contribution in [2.24, 2.45) is 0 Å². The van der Waals surface area contributed by atoms with Crippen molar-refractivity contribution in [3.63, 3.8) is 0 Å². The van der Waals surface area contributed by atoms with Crippen molar-refractivity contribution in [3.05, 3.63) is 34.1 Å². The highest BCUT2D eigenvalue weighted by Gasteiger charge is 2.21. The van der Waals surface area contributed by atoms with Crippen LogP contribution in [0.25, 0.3) is 0 Å². The number of anilines is 1. The lowest BCUT2D eigenvalue weighted by Crippen LogP contribution is -2.19. The lowest BCUT2D eigenvalue weighted by atomic mass is 10.2. The first-order valence-corrected chi connectivity index (χ1v) is 5.22. The van der Waals surface area contributed by atoms with Gasteiger partial charge in [0.15, 0.2) is 0 Å². The molecule has 1 aromatic carbocycles. The summed E-state index contributed by atoms with van der Waals surface area (Å²) in [6.07, 6.45) is 1.91. The van der Waals surface area contributed by atoms with Crippen molar-refractivity contribution in [1.82, 2.24) is 0 Å². The van der Waals surface area contributed by atoms with E-state index in [1.54, 1.807) is 18.0 Å². The predicted molar refractivity (Wildman–Crippen MR) is 61.2 cm³/mol. The van der Waals surface area contributed by atoms with Gasteiger partial charge in [0.05, 0.1) is 4.92 Å². The fourth-order valence-electron chi connectivity index (χ4n) is 1.51. The Morgan fingerprint density at radius 1 is 1.50 bits per heavy atom. The van der Waals surface area contributed by atoms with Gasteiger partial charge in [0, 0.05) is 13.6 Å². The number of benzene rings is 1. The number of para-hydroxylation sites is 1. The van der Waals surface area contributed by atoms with Crippen LogP contribution < -0.4 is 4.90 Å². The van der Waals surface area contributed by atoms with Crippen LogP contribution in [0.4, 0.5) is 15.8 Å². The van der Waals surface area contributed by atoms with Crippen LogP contribution >= 0.6 is 0 Å². The Morgan fingerprint density at radius 3 is 2.75 bits per heavy atom. The van der Waals surface area contributed by atoms with Gasteiger partial charge in [-0.2, -0.15) is 4.39 Å². The van der Waals surface area contributed by atoms with Crippen molar-refractivity contribution in [3.8, 4) is 0 Å². The van der Waals surface area contributed by atoms with E-state index in [4.69, 9.17) is 0 Å². The highest BCUT2D eigenvalue weighted by atomic mass is 19.1. The standard InChI is InChI=1S/C11H15FN2O2/c1-3-4-8-13(2)10-7-5-6-9(12)11(10)14(15)16/h5-7H,3-4,8H2,1-2H3. The Bertz CT molecular complexity index is 382. The van der Waals surface area contributed by atoms with Gasteiger partial charge in [-0.3, -0.25) is 10.1 Å². The van der Waals surface area contributed by atoms with Gasteiger partial charge in [0.2, 0.25) is 5.82 Å². The zero-order valence-electron chi connectivity index (χ0n) is 9.44. The van der Waals surface area contributed by atoms with Crippen molar-refractivity contribution in [2.45, 2.75) is 19.8 Å². The van der Waals surface area contributed by atoms with Gasteiger partial charge in [-0.25, -0.2) is 0 Å². The molecule has 16 heavy (non-hydrogen) atoms. The summed E-state index contributed by atoms with van der Waals surface area (Å²) in [7, 11) is 1.73. The van der Waals surface area contributed by atoms with E-state index in [0.29, 0.717) is 12.2 Å². The molecule has 0 bridgehead atoms. The zero-order chi connectivity index (χ0) is 12.1. The Morgan fingerprint density at radius 2 is 2.19 bits per heavy atom. The summed E-state index contributed by atoms with van der Waals surface area (Å²) in [5, 5.41) is 10.8. The molecule has 0 amide bonds. The molecule has 88 valence electrons. The Hall–Kier alpha value is -1.65. The van der Waals surface area contributed by atoms with Crippen molar-refractivity contribution >= 4 is 11.4 Å². The van der Waals surface area contributed by atoms with Crippen LogP contribution in [0.5, 0.6) is 0 Å². The first-order chi connectivity index (χ1) is 7.57. The molecule has 0 spiro atoms. The van der Waals surface area contributed by atoms with E-state index in [-0.39, 0.29) is 0 Å². The Balaban J connectivity index is 3.02. The third kappa shape index (κ3) is 2.68. The van der Waals surface area contributed by atoms with Crippen molar-refractivity contribution in [2.75, 3.05) is 18.5 Å². The molecule has 5 heteroatoms. The van der Waals surface area contributed by atoms with Gasteiger partial charge in [-0.15, -0.1) is 0 Å². The molecule has 1 rings (SSSR count). The van der Waals surface area contributed by atoms with Gasteiger partial charge in [0.25, 0.3) is 0 Å². The zero-order valence-corrected chi connectivity index (χ0v) is 9.44. The van der Waals surface area contributed by atoms with E-state index >= 15 is 0 Å².